The second kappa shape index (κ2) is 7.89. The number of benzene rings is 1. The highest BCUT2D eigenvalue weighted by Gasteiger charge is 2.10. The topological polar surface area (TPSA) is 52.0 Å². The summed E-state index contributed by atoms with van der Waals surface area (Å²) in [6, 6.07) is 10.1. The Morgan fingerprint density at radius 1 is 1.21 bits per heavy atom. The first-order valence-electron chi connectivity index (χ1n) is 5.96. The smallest absolute Gasteiger partial charge is 0.117 e. The normalized spacial score (nSPS) is 10.2. The minimum Gasteiger partial charge on any atom is -0.383 e. The summed E-state index contributed by atoms with van der Waals surface area (Å²) in [6.45, 7) is 2.20. The summed E-state index contributed by atoms with van der Waals surface area (Å²) in [5.74, 6) is 0. The number of hydrogen-bond donors (Lipinski definition) is 1. The summed E-state index contributed by atoms with van der Waals surface area (Å²) in [5.41, 5.74) is 2.98. The lowest BCUT2D eigenvalue weighted by Crippen LogP contribution is -2.19. The lowest BCUT2D eigenvalue weighted by atomic mass is 10.1. The van der Waals surface area contributed by atoms with Crippen molar-refractivity contribution in [2.45, 2.75) is 6.54 Å². The van der Waals surface area contributed by atoms with Gasteiger partial charge in [0.15, 0.2) is 0 Å². The summed E-state index contributed by atoms with van der Waals surface area (Å²) in [5, 5.41) is 12.1. The van der Waals surface area contributed by atoms with Gasteiger partial charge in [-0.15, -0.1) is 12.4 Å². The molecule has 0 spiro atoms. The number of aryl methyl sites for hydroxylation is 1. The lowest BCUT2D eigenvalue weighted by molar-refractivity contribution is 0.199. The highest BCUT2D eigenvalue weighted by atomic mass is 35.5. The molecule has 0 radical (unpaired) electrons. The molecule has 0 fully saturated rings. The van der Waals surface area contributed by atoms with Crippen LogP contribution in [0.4, 0.5) is 0 Å². The maximum absolute atomic E-state index is 5.00. The molecule has 1 aromatic carbocycles. The Labute approximate surface area is 119 Å². The fourth-order valence-electron chi connectivity index (χ4n) is 1.77. The maximum atomic E-state index is 5.00. The summed E-state index contributed by atoms with van der Waals surface area (Å²) in [4.78, 5) is 1.61. The van der Waals surface area contributed by atoms with Crippen LogP contribution in [0, 0.1) is 0 Å². The summed E-state index contributed by atoms with van der Waals surface area (Å²) >= 11 is 0. The van der Waals surface area contributed by atoms with Crippen LogP contribution in [0.2, 0.25) is 0 Å². The van der Waals surface area contributed by atoms with Crippen LogP contribution in [-0.4, -0.2) is 35.3 Å². The van der Waals surface area contributed by atoms with Crippen molar-refractivity contribution in [3.05, 3.63) is 36.0 Å². The molecule has 1 aromatic heterocycles. The zero-order valence-corrected chi connectivity index (χ0v) is 12.0. The molecule has 0 aliphatic carbocycles. The summed E-state index contributed by atoms with van der Waals surface area (Å²) < 4.78 is 5.00. The minimum atomic E-state index is 0. The second-order valence-corrected chi connectivity index (χ2v) is 4.02. The molecule has 0 saturated carbocycles. The Hall–Kier alpha value is -1.43. The highest BCUT2D eigenvalue weighted by Crippen LogP contribution is 2.19. The number of ether oxygens (including phenoxy) is 1. The van der Waals surface area contributed by atoms with Gasteiger partial charge in [-0.1, -0.05) is 30.3 Å². The van der Waals surface area contributed by atoms with Crippen molar-refractivity contribution in [2.75, 3.05) is 20.3 Å². The number of halogens is 1. The van der Waals surface area contributed by atoms with Gasteiger partial charge in [0.1, 0.15) is 11.4 Å². The number of hydrogen-bond acceptors (Lipinski definition) is 4. The predicted molar refractivity (Wildman–Crippen MR) is 77.3 cm³/mol. The molecular weight excluding hydrogens is 264 g/mol. The zero-order chi connectivity index (χ0) is 12.8. The largest absolute Gasteiger partial charge is 0.383 e. The van der Waals surface area contributed by atoms with Crippen LogP contribution in [0.1, 0.15) is 5.69 Å². The third-order valence-electron chi connectivity index (χ3n) is 2.61. The Morgan fingerprint density at radius 3 is 2.63 bits per heavy atom. The van der Waals surface area contributed by atoms with E-state index in [2.05, 4.69) is 15.5 Å². The van der Waals surface area contributed by atoms with Crippen LogP contribution < -0.4 is 5.32 Å². The predicted octanol–water partition coefficient (Wildman–Crippen LogP) is 1.64. The Balaban J connectivity index is 0.00000180. The molecule has 0 bridgehead atoms. The average Bonchev–Trinajstić information content (AvgIpc) is 2.77. The molecule has 0 aliphatic rings. The van der Waals surface area contributed by atoms with Gasteiger partial charge < -0.3 is 10.1 Å². The molecule has 0 atom stereocenters. The molecule has 0 aliphatic heterocycles. The fourth-order valence-corrected chi connectivity index (χ4v) is 1.77. The van der Waals surface area contributed by atoms with Crippen LogP contribution in [0.3, 0.4) is 0 Å². The molecule has 6 heteroatoms. The SMILES string of the molecule is COCCNCc1nn(C)nc1-c1ccccc1.Cl. The summed E-state index contributed by atoms with van der Waals surface area (Å²) in [6.07, 6.45) is 0. The number of rotatable bonds is 6. The van der Waals surface area contributed by atoms with Crippen molar-refractivity contribution in [3.8, 4) is 11.3 Å². The van der Waals surface area contributed by atoms with Gasteiger partial charge >= 0.3 is 0 Å². The van der Waals surface area contributed by atoms with Crippen molar-refractivity contribution in [1.82, 2.24) is 20.3 Å². The number of aromatic nitrogens is 3. The lowest BCUT2D eigenvalue weighted by Gasteiger charge is -2.03. The monoisotopic (exact) mass is 282 g/mol. The quantitative estimate of drug-likeness (QED) is 0.819. The van der Waals surface area contributed by atoms with Gasteiger partial charge in [0.25, 0.3) is 0 Å². The Kier molecular flexibility index (Phi) is 6.49. The van der Waals surface area contributed by atoms with E-state index in [1.807, 2.05) is 37.4 Å². The molecular formula is C13H19ClN4O. The van der Waals surface area contributed by atoms with Gasteiger partial charge in [0.05, 0.1) is 6.61 Å². The molecule has 2 rings (SSSR count). The third-order valence-corrected chi connectivity index (χ3v) is 2.61. The first-order chi connectivity index (χ1) is 8.81. The molecule has 0 unspecified atom stereocenters. The molecule has 0 amide bonds. The van der Waals surface area contributed by atoms with Gasteiger partial charge in [-0.2, -0.15) is 15.0 Å². The Morgan fingerprint density at radius 2 is 1.95 bits per heavy atom. The van der Waals surface area contributed by atoms with Crippen molar-refractivity contribution in [1.29, 1.82) is 0 Å². The maximum Gasteiger partial charge on any atom is 0.117 e. The van der Waals surface area contributed by atoms with Gasteiger partial charge in [-0.3, -0.25) is 0 Å². The molecule has 0 saturated heterocycles. The summed E-state index contributed by atoms with van der Waals surface area (Å²) in [7, 11) is 3.53. The van der Waals surface area contributed by atoms with Gasteiger partial charge in [0.2, 0.25) is 0 Å². The third kappa shape index (κ3) is 4.31. The fraction of sp³-hybridized carbons (Fsp3) is 0.385. The van der Waals surface area contributed by atoms with Gasteiger partial charge in [0, 0.05) is 32.8 Å². The molecule has 1 N–H and O–H groups in total. The van der Waals surface area contributed by atoms with Crippen LogP contribution in [-0.2, 0) is 18.3 Å². The van der Waals surface area contributed by atoms with E-state index in [0.717, 1.165) is 23.5 Å². The molecule has 1 heterocycles. The first-order valence-corrected chi connectivity index (χ1v) is 5.96. The van der Waals surface area contributed by atoms with E-state index in [0.29, 0.717) is 13.2 Å². The van der Waals surface area contributed by atoms with Crippen molar-refractivity contribution in [2.24, 2.45) is 7.05 Å². The van der Waals surface area contributed by atoms with E-state index in [-0.39, 0.29) is 12.4 Å². The van der Waals surface area contributed by atoms with E-state index in [1.54, 1.807) is 11.9 Å². The van der Waals surface area contributed by atoms with E-state index in [4.69, 9.17) is 4.74 Å². The van der Waals surface area contributed by atoms with Crippen molar-refractivity contribution in [3.63, 3.8) is 0 Å². The molecule has 5 nitrogen and oxygen atoms in total. The van der Waals surface area contributed by atoms with Crippen LogP contribution in [0.15, 0.2) is 30.3 Å². The Bertz CT molecular complexity index is 487. The number of nitrogens with one attached hydrogen (secondary N) is 1. The number of nitrogens with zero attached hydrogens (tertiary/aromatic N) is 3. The first kappa shape index (κ1) is 15.6. The van der Waals surface area contributed by atoms with E-state index >= 15 is 0 Å². The standard InChI is InChI=1S/C13H18N4O.ClH/c1-17-15-12(10-14-8-9-18-2)13(16-17)11-6-4-3-5-7-11;/h3-7,14H,8-10H2,1-2H3;1H. The van der Waals surface area contributed by atoms with Gasteiger partial charge in [-0.25, -0.2) is 0 Å². The van der Waals surface area contributed by atoms with E-state index in [1.165, 1.54) is 0 Å². The van der Waals surface area contributed by atoms with E-state index < -0.39 is 0 Å². The van der Waals surface area contributed by atoms with Gasteiger partial charge in [-0.05, 0) is 0 Å². The number of methoxy groups -OCH3 is 1. The van der Waals surface area contributed by atoms with E-state index in [9.17, 15) is 0 Å². The second-order valence-electron chi connectivity index (χ2n) is 4.02. The minimum absolute atomic E-state index is 0. The molecule has 19 heavy (non-hydrogen) atoms. The van der Waals surface area contributed by atoms with Crippen LogP contribution in [0.5, 0.6) is 0 Å². The highest BCUT2D eigenvalue weighted by molar-refractivity contribution is 5.85. The zero-order valence-electron chi connectivity index (χ0n) is 11.2. The average molecular weight is 283 g/mol. The van der Waals surface area contributed by atoms with Crippen molar-refractivity contribution >= 4 is 12.4 Å². The molecule has 2 aromatic rings. The van der Waals surface area contributed by atoms with Crippen molar-refractivity contribution < 1.29 is 4.74 Å². The molecule has 104 valence electrons. The van der Waals surface area contributed by atoms with Crippen LogP contribution in [0.25, 0.3) is 11.3 Å². The van der Waals surface area contributed by atoms with Crippen LogP contribution >= 0.6 is 12.4 Å².